The second-order valence-electron chi connectivity index (χ2n) is 6.89. The van der Waals surface area contributed by atoms with Crippen LogP contribution in [0.15, 0.2) is 0 Å². The van der Waals surface area contributed by atoms with Gasteiger partial charge in [0.25, 0.3) is 0 Å². The van der Waals surface area contributed by atoms with Crippen LogP contribution in [-0.2, 0) is 0 Å². The zero-order chi connectivity index (χ0) is 11.8. The van der Waals surface area contributed by atoms with Gasteiger partial charge >= 0.3 is 0 Å². The number of hydrogen-bond donors (Lipinski definition) is 1. The summed E-state index contributed by atoms with van der Waals surface area (Å²) in [6, 6.07) is 0. The molecule has 2 aliphatic carbocycles. The zero-order valence-electron chi connectivity index (χ0n) is 11.2. The molecule has 0 amide bonds. The Hall–Kier alpha value is -0.0400. The van der Waals surface area contributed by atoms with E-state index in [1.54, 1.807) is 0 Å². The maximum absolute atomic E-state index is 10.00. The second-order valence-corrected chi connectivity index (χ2v) is 6.89. The summed E-state index contributed by atoms with van der Waals surface area (Å²) < 4.78 is 0. The SMILES string of the molecule is CC1C[C@@H](C)CC[C@@H]1C1CCC(C)(O)CC1. The maximum Gasteiger partial charge on any atom is 0.0620 e. The van der Waals surface area contributed by atoms with Gasteiger partial charge < -0.3 is 5.11 Å². The first-order valence-electron chi connectivity index (χ1n) is 7.20. The van der Waals surface area contributed by atoms with Crippen molar-refractivity contribution in [2.75, 3.05) is 0 Å². The van der Waals surface area contributed by atoms with E-state index in [1.165, 1.54) is 32.1 Å². The maximum atomic E-state index is 10.00. The Bertz CT molecular complexity index is 224. The third-order valence-electron chi connectivity index (χ3n) is 5.21. The van der Waals surface area contributed by atoms with Gasteiger partial charge in [-0.15, -0.1) is 0 Å². The van der Waals surface area contributed by atoms with Gasteiger partial charge in [0.05, 0.1) is 5.60 Å². The largest absolute Gasteiger partial charge is 0.390 e. The van der Waals surface area contributed by atoms with Crippen LogP contribution in [0.3, 0.4) is 0 Å². The first kappa shape index (κ1) is 12.4. The monoisotopic (exact) mass is 224 g/mol. The van der Waals surface area contributed by atoms with Gasteiger partial charge in [0.15, 0.2) is 0 Å². The molecule has 16 heavy (non-hydrogen) atoms. The highest BCUT2D eigenvalue weighted by molar-refractivity contribution is 4.88. The molecule has 2 fully saturated rings. The molecule has 1 heteroatoms. The molecule has 0 radical (unpaired) electrons. The summed E-state index contributed by atoms with van der Waals surface area (Å²) in [6.07, 6.45) is 8.87. The van der Waals surface area contributed by atoms with Crippen molar-refractivity contribution in [3.05, 3.63) is 0 Å². The third kappa shape index (κ3) is 2.80. The summed E-state index contributed by atoms with van der Waals surface area (Å²) in [6.45, 7) is 6.86. The van der Waals surface area contributed by atoms with E-state index >= 15 is 0 Å². The quantitative estimate of drug-likeness (QED) is 0.714. The number of aliphatic hydroxyl groups is 1. The Balaban J connectivity index is 1.89. The van der Waals surface area contributed by atoms with Crippen molar-refractivity contribution >= 4 is 0 Å². The first-order chi connectivity index (χ1) is 7.48. The average molecular weight is 224 g/mol. The van der Waals surface area contributed by atoms with E-state index in [0.29, 0.717) is 0 Å². The summed E-state index contributed by atoms with van der Waals surface area (Å²) >= 11 is 0. The molecule has 0 aromatic carbocycles. The Morgan fingerprint density at radius 1 is 1.00 bits per heavy atom. The highest BCUT2D eigenvalue weighted by Crippen LogP contribution is 2.44. The molecule has 0 spiro atoms. The highest BCUT2D eigenvalue weighted by Gasteiger charge is 2.36. The van der Waals surface area contributed by atoms with Crippen molar-refractivity contribution in [3.8, 4) is 0 Å². The zero-order valence-corrected chi connectivity index (χ0v) is 11.2. The van der Waals surface area contributed by atoms with Crippen LogP contribution in [-0.4, -0.2) is 10.7 Å². The fraction of sp³-hybridized carbons (Fsp3) is 1.00. The highest BCUT2D eigenvalue weighted by atomic mass is 16.3. The van der Waals surface area contributed by atoms with Crippen molar-refractivity contribution in [3.63, 3.8) is 0 Å². The fourth-order valence-electron chi connectivity index (χ4n) is 4.08. The van der Waals surface area contributed by atoms with Crippen molar-refractivity contribution in [1.82, 2.24) is 0 Å². The topological polar surface area (TPSA) is 20.2 Å². The lowest BCUT2D eigenvalue weighted by Crippen LogP contribution is -2.36. The van der Waals surface area contributed by atoms with E-state index in [9.17, 15) is 5.11 Å². The van der Waals surface area contributed by atoms with E-state index < -0.39 is 0 Å². The fourth-order valence-corrected chi connectivity index (χ4v) is 4.08. The van der Waals surface area contributed by atoms with Gasteiger partial charge in [-0.25, -0.2) is 0 Å². The van der Waals surface area contributed by atoms with Crippen molar-refractivity contribution in [2.45, 2.75) is 71.3 Å². The molecule has 1 nitrogen and oxygen atoms in total. The number of rotatable bonds is 1. The Morgan fingerprint density at radius 2 is 1.62 bits per heavy atom. The molecule has 0 heterocycles. The molecular formula is C15H28O. The lowest BCUT2D eigenvalue weighted by Gasteiger charge is -2.42. The molecule has 2 rings (SSSR count). The van der Waals surface area contributed by atoms with Crippen LogP contribution in [0.4, 0.5) is 0 Å². The standard InChI is InChI=1S/C15H28O/c1-11-4-5-14(12(2)10-11)13-6-8-15(3,16)9-7-13/h11-14,16H,4-10H2,1-3H3/t11-,12?,13?,14-,15?/m0/s1. The minimum atomic E-state index is -0.359. The molecular weight excluding hydrogens is 196 g/mol. The van der Waals surface area contributed by atoms with Crippen molar-refractivity contribution in [2.24, 2.45) is 23.7 Å². The van der Waals surface area contributed by atoms with Gasteiger partial charge in [-0.05, 0) is 69.1 Å². The Morgan fingerprint density at radius 3 is 2.19 bits per heavy atom. The summed E-state index contributed by atoms with van der Waals surface area (Å²) in [7, 11) is 0. The summed E-state index contributed by atoms with van der Waals surface area (Å²) in [4.78, 5) is 0. The van der Waals surface area contributed by atoms with Crippen LogP contribution in [0.2, 0.25) is 0 Å². The van der Waals surface area contributed by atoms with Gasteiger partial charge in [-0.2, -0.15) is 0 Å². The predicted octanol–water partition coefficient (Wildman–Crippen LogP) is 4.00. The Kier molecular flexibility index (Phi) is 3.63. The molecule has 0 aromatic heterocycles. The van der Waals surface area contributed by atoms with Crippen LogP contribution in [0.25, 0.3) is 0 Å². The van der Waals surface area contributed by atoms with Crippen LogP contribution < -0.4 is 0 Å². The summed E-state index contributed by atoms with van der Waals surface area (Å²) in [5.41, 5.74) is -0.359. The normalized spacial score (nSPS) is 50.2. The smallest absolute Gasteiger partial charge is 0.0620 e. The van der Waals surface area contributed by atoms with E-state index in [2.05, 4.69) is 13.8 Å². The molecule has 1 N–H and O–H groups in total. The predicted molar refractivity (Wildman–Crippen MR) is 68.3 cm³/mol. The van der Waals surface area contributed by atoms with Gasteiger partial charge in [0, 0.05) is 0 Å². The van der Waals surface area contributed by atoms with Crippen LogP contribution in [0.5, 0.6) is 0 Å². The van der Waals surface area contributed by atoms with E-state index in [1.807, 2.05) is 6.92 Å². The minimum Gasteiger partial charge on any atom is -0.390 e. The lowest BCUT2D eigenvalue weighted by molar-refractivity contribution is -0.0124. The van der Waals surface area contributed by atoms with Gasteiger partial charge in [-0.1, -0.05) is 20.3 Å². The molecule has 2 saturated carbocycles. The lowest BCUT2D eigenvalue weighted by atomic mass is 9.65. The van der Waals surface area contributed by atoms with E-state index in [0.717, 1.165) is 36.5 Å². The number of hydrogen-bond acceptors (Lipinski definition) is 1. The second kappa shape index (κ2) is 4.68. The van der Waals surface area contributed by atoms with Gasteiger partial charge in [-0.3, -0.25) is 0 Å². The molecule has 1 unspecified atom stereocenters. The molecule has 2 aliphatic rings. The summed E-state index contributed by atoms with van der Waals surface area (Å²) in [5, 5.41) is 10.00. The van der Waals surface area contributed by atoms with Gasteiger partial charge in [0.1, 0.15) is 0 Å². The van der Waals surface area contributed by atoms with Crippen molar-refractivity contribution in [1.29, 1.82) is 0 Å². The van der Waals surface area contributed by atoms with E-state index in [4.69, 9.17) is 0 Å². The molecule has 0 bridgehead atoms. The average Bonchev–Trinajstić information content (AvgIpc) is 2.19. The molecule has 0 aliphatic heterocycles. The van der Waals surface area contributed by atoms with E-state index in [-0.39, 0.29) is 5.60 Å². The van der Waals surface area contributed by atoms with Crippen LogP contribution in [0, 0.1) is 23.7 Å². The Labute approximate surface area is 101 Å². The van der Waals surface area contributed by atoms with Crippen molar-refractivity contribution < 1.29 is 5.11 Å². The molecule has 0 aromatic rings. The minimum absolute atomic E-state index is 0.359. The van der Waals surface area contributed by atoms with Gasteiger partial charge in [0.2, 0.25) is 0 Å². The molecule has 0 saturated heterocycles. The molecule has 3 atom stereocenters. The third-order valence-corrected chi connectivity index (χ3v) is 5.21. The van der Waals surface area contributed by atoms with Crippen LogP contribution in [0.1, 0.15) is 65.7 Å². The molecule has 94 valence electrons. The van der Waals surface area contributed by atoms with Crippen LogP contribution >= 0.6 is 0 Å². The first-order valence-corrected chi connectivity index (χ1v) is 7.20. The summed E-state index contributed by atoms with van der Waals surface area (Å²) in [5.74, 6) is 3.71.